The number of amides is 3. The molecule has 2 aliphatic rings. The van der Waals surface area contributed by atoms with Crippen molar-refractivity contribution in [3.63, 3.8) is 0 Å². The first kappa shape index (κ1) is 24.8. The molecule has 2 aliphatic heterocycles. The molecule has 0 unspecified atom stereocenters. The summed E-state index contributed by atoms with van der Waals surface area (Å²) in [5.41, 5.74) is 5.22. The van der Waals surface area contributed by atoms with Gasteiger partial charge in [0.15, 0.2) is 0 Å². The van der Waals surface area contributed by atoms with Crippen LogP contribution in [0, 0.1) is 0 Å². The topological polar surface area (TPSA) is 120 Å². The van der Waals surface area contributed by atoms with E-state index in [1.165, 1.54) is 13.8 Å². The van der Waals surface area contributed by atoms with E-state index in [0.29, 0.717) is 54.9 Å². The molecule has 3 amide bonds. The Morgan fingerprint density at radius 1 is 1.11 bits per heavy atom. The Bertz CT molecular complexity index is 1370. The maximum Gasteiger partial charge on any atom is 0.324 e. The first-order chi connectivity index (χ1) is 17.7. The third-order valence-electron chi connectivity index (χ3n) is 6.99. The van der Waals surface area contributed by atoms with Crippen LogP contribution in [0.2, 0.25) is 0 Å². The molecule has 0 saturated carbocycles. The molecule has 192 valence electrons. The lowest BCUT2D eigenvalue weighted by Gasteiger charge is -2.43. The van der Waals surface area contributed by atoms with Crippen LogP contribution in [-0.4, -0.2) is 79.9 Å². The number of Topliss-reactive ketones (excluding diaryl/α,β-unsaturated/α-hetero) is 1. The molecule has 1 fully saturated rings. The van der Waals surface area contributed by atoms with Crippen molar-refractivity contribution in [1.29, 1.82) is 0 Å². The maximum absolute atomic E-state index is 13.5. The van der Waals surface area contributed by atoms with E-state index in [1.54, 1.807) is 29.2 Å². The highest BCUT2D eigenvalue weighted by Gasteiger charge is 2.38. The number of carbonyl (C=O) groups excluding carboxylic acids is 3. The number of urea groups is 1. The Balaban J connectivity index is 1.52. The van der Waals surface area contributed by atoms with Crippen molar-refractivity contribution >= 4 is 34.4 Å². The average Bonchev–Trinajstić information content (AvgIpc) is 2.89. The number of piperidine rings is 1. The molecule has 1 N–H and O–H groups in total. The minimum atomic E-state index is -1.04. The number of likely N-dealkylation sites (tertiary alicyclic amines) is 1. The molecule has 10 heteroatoms. The predicted molar refractivity (Wildman–Crippen MR) is 138 cm³/mol. The summed E-state index contributed by atoms with van der Waals surface area (Å²) in [5, 5.41) is 9.69. The van der Waals surface area contributed by atoms with Crippen LogP contribution in [0.4, 0.5) is 10.5 Å². The number of rotatable bonds is 5. The second kappa shape index (κ2) is 9.85. The number of hydrogen-bond donors (Lipinski definition) is 1. The Morgan fingerprint density at radius 2 is 1.86 bits per heavy atom. The molecule has 0 aromatic carbocycles. The molecule has 1 saturated heterocycles. The first-order valence-corrected chi connectivity index (χ1v) is 12.5. The van der Waals surface area contributed by atoms with Crippen molar-refractivity contribution in [1.82, 2.24) is 24.8 Å². The molecule has 10 nitrogen and oxygen atoms in total. The number of carbonyl (C=O) groups is 3. The second-order valence-corrected chi connectivity index (χ2v) is 9.85. The zero-order valence-electron chi connectivity index (χ0n) is 21.2. The van der Waals surface area contributed by atoms with Crippen LogP contribution in [0.3, 0.4) is 0 Å². The molecular formula is C27H30N6O4. The summed E-state index contributed by atoms with van der Waals surface area (Å²) in [5.74, 6) is -0.234. The van der Waals surface area contributed by atoms with Crippen LogP contribution >= 0.6 is 0 Å². The van der Waals surface area contributed by atoms with Crippen LogP contribution in [0.5, 0.6) is 0 Å². The lowest BCUT2D eigenvalue weighted by molar-refractivity contribution is -0.140. The minimum Gasteiger partial charge on any atom is -0.384 e. The van der Waals surface area contributed by atoms with E-state index in [4.69, 9.17) is 4.98 Å². The Kier molecular flexibility index (Phi) is 6.59. The van der Waals surface area contributed by atoms with Crippen molar-refractivity contribution in [3.05, 3.63) is 47.9 Å². The van der Waals surface area contributed by atoms with Crippen molar-refractivity contribution in [3.8, 4) is 11.3 Å². The minimum absolute atomic E-state index is 0.0533. The van der Waals surface area contributed by atoms with Gasteiger partial charge in [-0.3, -0.25) is 24.5 Å². The summed E-state index contributed by atoms with van der Waals surface area (Å²) in [7, 11) is 1.77. The fourth-order valence-electron chi connectivity index (χ4n) is 5.12. The highest BCUT2D eigenvalue weighted by atomic mass is 16.3. The van der Waals surface area contributed by atoms with Gasteiger partial charge in [-0.1, -0.05) is 0 Å². The molecule has 1 atom stereocenters. The summed E-state index contributed by atoms with van der Waals surface area (Å²) in [6.45, 7) is 4.38. The average molecular weight is 503 g/mol. The van der Waals surface area contributed by atoms with Gasteiger partial charge in [-0.2, -0.15) is 0 Å². The van der Waals surface area contributed by atoms with Gasteiger partial charge >= 0.3 is 6.03 Å². The highest BCUT2D eigenvalue weighted by molar-refractivity contribution is 6.04. The number of ketones is 1. The van der Waals surface area contributed by atoms with E-state index < -0.39 is 6.10 Å². The molecular weight excluding hydrogens is 472 g/mol. The van der Waals surface area contributed by atoms with Crippen LogP contribution in [-0.2, 0) is 22.6 Å². The molecule has 5 rings (SSSR count). The van der Waals surface area contributed by atoms with E-state index in [1.807, 2.05) is 29.2 Å². The lowest BCUT2D eigenvalue weighted by atomic mass is 9.99. The Hall–Kier alpha value is -3.92. The largest absolute Gasteiger partial charge is 0.384 e. The van der Waals surface area contributed by atoms with Gasteiger partial charge in [0.05, 0.1) is 23.4 Å². The van der Waals surface area contributed by atoms with E-state index >= 15 is 0 Å². The number of hydrogen-bond acceptors (Lipinski definition) is 7. The highest BCUT2D eigenvalue weighted by Crippen LogP contribution is 2.37. The Labute approximate surface area is 214 Å². The van der Waals surface area contributed by atoms with Crippen molar-refractivity contribution < 1.29 is 19.5 Å². The van der Waals surface area contributed by atoms with Gasteiger partial charge in [-0.05, 0) is 51.0 Å². The summed E-state index contributed by atoms with van der Waals surface area (Å²) in [6.07, 6.45) is 3.96. The summed E-state index contributed by atoms with van der Waals surface area (Å²) in [4.78, 5) is 56.3. The van der Waals surface area contributed by atoms with Gasteiger partial charge in [0, 0.05) is 61.8 Å². The second-order valence-electron chi connectivity index (χ2n) is 9.85. The molecule has 0 aliphatic carbocycles. The molecule has 3 aromatic heterocycles. The fourth-order valence-corrected chi connectivity index (χ4v) is 5.12. The smallest absolute Gasteiger partial charge is 0.324 e. The number of aliphatic hydroxyl groups is 1. The number of nitrogens with zero attached hydrogens (tertiary/aromatic N) is 6. The van der Waals surface area contributed by atoms with Gasteiger partial charge < -0.3 is 14.9 Å². The standard InChI is InChI=1S/C27H30N6O4/c1-16(34)12-20-5-4-18(13-28-20)22-6-7-23-24(30-22)25-19(14-29-23)15-31(3)27(37)33(25)21-8-10-32(11-9-21)26(36)17(2)35/h4-7,13-14,17,21,35H,8-12,15H2,1-3H3/t17-/m0/s1. The number of anilines is 1. The van der Waals surface area contributed by atoms with Crippen molar-refractivity contribution in [2.45, 2.75) is 51.8 Å². The Morgan fingerprint density at radius 3 is 2.51 bits per heavy atom. The van der Waals surface area contributed by atoms with E-state index in [-0.39, 0.29) is 30.2 Å². The van der Waals surface area contributed by atoms with E-state index in [0.717, 1.165) is 16.8 Å². The van der Waals surface area contributed by atoms with Crippen molar-refractivity contribution in [2.75, 3.05) is 25.0 Å². The predicted octanol–water partition coefficient (Wildman–Crippen LogP) is 2.57. The van der Waals surface area contributed by atoms with Gasteiger partial charge in [-0.25, -0.2) is 9.78 Å². The van der Waals surface area contributed by atoms with Crippen LogP contribution < -0.4 is 4.90 Å². The number of aromatic nitrogens is 3. The van der Waals surface area contributed by atoms with Crippen LogP contribution in [0.25, 0.3) is 22.3 Å². The molecule has 3 aromatic rings. The normalized spacial score (nSPS) is 17.2. The molecule has 0 bridgehead atoms. The monoisotopic (exact) mass is 502 g/mol. The number of pyridine rings is 3. The molecule has 0 radical (unpaired) electrons. The molecule has 37 heavy (non-hydrogen) atoms. The quantitative estimate of drug-likeness (QED) is 0.569. The first-order valence-electron chi connectivity index (χ1n) is 12.5. The SMILES string of the molecule is CC(=O)Cc1ccc(-c2ccc3ncc4c(c3n2)N(C2CCN(C(=O)[C@H](C)O)CC2)C(=O)N(C)C4)cn1. The van der Waals surface area contributed by atoms with Crippen LogP contribution in [0.15, 0.2) is 36.7 Å². The summed E-state index contributed by atoms with van der Waals surface area (Å²) >= 11 is 0. The fraction of sp³-hybridized carbons (Fsp3) is 0.407. The van der Waals surface area contributed by atoms with Gasteiger partial charge in [-0.15, -0.1) is 0 Å². The maximum atomic E-state index is 13.5. The summed E-state index contributed by atoms with van der Waals surface area (Å²) < 4.78 is 0. The van der Waals surface area contributed by atoms with E-state index in [2.05, 4.69) is 9.97 Å². The van der Waals surface area contributed by atoms with E-state index in [9.17, 15) is 19.5 Å². The number of aliphatic hydroxyl groups excluding tert-OH is 1. The third kappa shape index (κ3) is 4.76. The van der Waals surface area contributed by atoms with Crippen LogP contribution in [0.1, 0.15) is 37.9 Å². The van der Waals surface area contributed by atoms with Gasteiger partial charge in [0.25, 0.3) is 5.91 Å². The molecule has 0 spiro atoms. The van der Waals surface area contributed by atoms with Crippen molar-refractivity contribution in [2.24, 2.45) is 0 Å². The zero-order chi connectivity index (χ0) is 26.3. The number of fused-ring (bicyclic) bond motifs is 3. The van der Waals surface area contributed by atoms with Gasteiger partial charge in [0.1, 0.15) is 17.4 Å². The molecule has 5 heterocycles. The third-order valence-corrected chi connectivity index (χ3v) is 6.99. The van der Waals surface area contributed by atoms with Gasteiger partial charge in [0.2, 0.25) is 0 Å². The zero-order valence-corrected chi connectivity index (χ0v) is 21.2. The summed E-state index contributed by atoms with van der Waals surface area (Å²) in [6, 6.07) is 7.28. The lowest BCUT2D eigenvalue weighted by Crippen LogP contribution is -2.55.